The lowest BCUT2D eigenvalue weighted by Gasteiger charge is -2.09. The lowest BCUT2D eigenvalue weighted by molar-refractivity contribution is -0.136. The monoisotopic (exact) mass is 416 g/mol. The fourth-order valence-electron chi connectivity index (χ4n) is 2.26. The van der Waals surface area contributed by atoms with Crippen molar-refractivity contribution in [3.05, 3.63) is 59.1 Å². The largest absolute Gasteiger partial charge is 0.495 e. The summed E-state index contributed by atoms with van der Waals surface area (Å²) in [7, 11) is 1.46. The van der Waals surface area contributed by atoms with Gasteiger partial charge in [-0.25, -0.2) is 5.43 Å². The average Bonchev–Trinajstić information content (AvgIpc) is 2.72. The van der Waals surface area contributed by atoms with E-state index in [1.807, 2.05) is 12.1 Å². The van der Waals surface area contributed by atoms with Crippen LogP contribution in [0.15, 0.2) is 53.6 Å². The number of benzene rings is 2. The van der Waals surface area contributed by atoms with Crippen molar-refractivity contribution >= 4 is 40.7 Å². The molecule has 0 atom stereocenters. The first kappa shape index (κ1) is 21.9. The molecule has 0 spiro atoms. The molecule has 0 unspecified atom stereocenters. The maximum atomic E-state index is 12.0. The number of rotatable bonds is 7. The zero-order valence-corrected chi connectivity index (χ0v) is 16.7. The number of hydrogen-bond acceptors (Lipinski definition) is 5. The first-order chi connectivity index (χ1) is 13.9. The van der Waals surface area contributed by atoms with Crippen LogP contribution in [-0.4, -0.2) is 30.5 Å². The van der Waals surface area contributed by atoms with E-state index in [4.69, 9.17) is 16.3 Å². The van der Waals surface area contributed by atoms with Crippen molar-refractivity contribution in [2.24, 2.45) is 5.10 Å². The Hall–Kier alpha value is -3.39. The maximum Gasteiger partial charge on any atom is 0.329 e. The summed E-state index contributed by atoms with van der Waals surface area (Å²) in [5.41, 5.74) is 3.73. The molecule has 0 aliphatic carbocycles. The SMILES string of the molecule is COc1ccccc1NC(=O)C(=O)N/N=C(\C)CC(=O)NCc1ccc(Cl)cc1. The highest BCUT2D eigenvalue weighted by atomic mass is 35.5. The molecule has 9 heteroatoms. The van der Waals surface area contributed by atoms with Crippen LogP contribution < -0.4 is 20.8 Å². The van der Waals surface area contributed by atoms with E-state index < -0.39 is 11.8 Å². The minimum atomic E-state index is -0.961. The van der Waals surface area contributed by atoms with E-state index in [0.29, 0.717) is 28.7 Å². The van der Waals surface area contributed by atoms with E-state index in [1.165, 1.54) is 7.11 Å². The maximum absolute atomic E-state index is 12.0. The Labute approximate surface area is 173 Å². The highest BCUT2D eigenvalue weighted by molar-refractivity contribution is 6.39. The Kier molecular flexibility index (Phi) is 8.17. The van der Waals surface area contributed by atoms with Crippen molar-refractivity contribution in [2.45, 2.75) is 19.9 Å². The molecule has 0 aromatic heterocycles. The number of para-hydroxylation sites is 2. The van der Waals surface area contributed by atoms with Gasteiger partial charge >= 0.3 is 11.8 Å². The summed E-state index contributed by atoms with van der Waals surface area (Å²) >= 11 is 5.81. The molecule has 0 heterocycles. The standard InChI is InChI=1S/C20H21ClN4O4/c1-13(11-18(26)22-12-14-7-9-15(21)10-8-14)24-25-20(28)19(27)23-16-5-3-4-6-17(16)29-2/h3-10H,11-12H2,1-2H3,(H,22,26)(H,23,27)(H,25,28)/b24-13+. The zero-order valence-electron chi connectivity index (χ0n) is 16.0. The van der Waals surface area contributed by atoms with Crippen molar-refractivity contribution in [2.75, 3.05) is 12.4 Å². The molecule has 0 saturated carbocycles. The number of nitrogens with one attached hydrogen (secondary N) is 3. The van der Waals surface area contributed by atoms with E-state index in [2.05, 4.69) is 21.2 Å². The van der Waals surface area contributed by atoms with Gasteiger partial charge < -0.3 is 15.4 Å². The van der Waals surface area contributed by atoms with Gasteiger partial charge in [-0.2, -0.15) is 5.10 Å². The number of nitrogens with zero attached hydrogens (tertiary/aromatic N) is 1. The molecule has 8 nitrogen and oxygen atoms in total. The normalized spacial score (nSPS) is 10.8. The minimum absolute atomic E-state index is 0.0258. The van der Waals surface area contributed by atoms with Crippen molar-refractivity contribution in [1.29, 1.82) is 0 Å². The van der Waals surface area contributed by atoms with Crippen LogP contribution in [0.4, 0.5) is 5.69 Å². The predicted molar refractivity (Wildman–Crippen MR) is 111 cm³/mol. The van der Waals surface area contributed by atoms with Crippen LogP contribution in [-0.2, 0) is 20.9 Å². The molecular weight excluding hydrogens is 396 g/mol. The topological polar surface area (TPSA) is 109 Å². The third-order valence-corrected chi connectivity index (χ3v) is 3.98. The molecular formula is C20H21ClN4O4. The molecule has 2 aromatic rings. The van der Waals surface area contributed by atoms with Crippen molar-refractivity contribution in [3.63, 3.8) is 0 Å². The van der Waals surface area contributed by atoms with Crippen LogP contribution in [0.25, 0.3) is 0 Å². The van der Waals surface area contributed by atoms with Gasteiger partial charge in [-0.1, -0.05) is 35.9 Å². The fourth-order valence-corrected chi connectivity index (χ4v) is 2.39. The number of hydrogen-bond donors (Lipinski definition) is 3. The molecule has 0 radical (unpaired) electrons. The molecule has 3 N–H and O–H groups in total. The summed E-state index contributed by atoms with van der Waals surface area (Å²) in [5, 5.41) is 9.57. The van der Waals surface area contributed by atoms with Crippen molar-refractivity contribution in [3.8, 4) is 5.75 Å². The number of anilines is 1. The van der Waals surface area contributed by atoms with Crippen LogP contribution >= 0.6 is 11.6 Å². The predicted octanol–water partition coefficient (Wildman–Crippen LogP) is 2.49. The van der Waals surface area contributed by atoms with E-state index in [0.717, 1.165) is 5.56 Å². The van der Waals surface area contributed by atoms with Gasteiger partial charge in [-0.05, 0) is 36.8 Å². The number of methoxy groups -OCH3 is 1. The molecule has 152 valence electrons. The molecule has 0 fully saturated rings. The molecule has 29 heavy (non-hydrogen) atoms. The van der Waals surface area contributed by atoms with Gasteiger partial charge in [0.05, 0.1) is 19.2 Å². The quantitative estimate of drug-likeness (QED) is 0.366. The Balaban J connectivity index is 1.80. The first-order valence-corrected chi connectivity index (χ1v) is 9.05. The zero-order chi connectivity index (χ0) is 21.2. The van der Waals surface area contributed by atoms with Gasteiger partial charge in [0.1, 0.15) is 5.75 Å². The second kappa shape index (κ2) is 10.8. The fraction of sp³-hybridized carbons (Fsp3) is 0.200. The molecule has 0 bridgehead atoms. The van der Waals surface area contributed by atoms with E-state index in [9.17, 15) is 14.4 Å². The minimum Gasteiger partial charge on any atom is -0.495 e. The third kappa shape index (κ3) is 7.27. The third-order valence-electron chi connectivity index (χ3n) is 3.73. The van der Waals surface area contributed by atoms with Gasteiger partial charge in [-0.3, -0.25) is 14.4 Å². The second-order valence-electron chi connectivity index (χ2n) is 6.02. The number of ether oxygens (including phenoxy) is 1. The summed E-state index contributed by atoms with van der Waals surface area (Å²) in [4.78, 5) is 35.8. The summed E-state index contributed by atoms with van der Waals surface area (Å²) < 4.78 is 5.10. The first-order valence-electron chi connectivity index (χ1n) is 8.67. The smallest absolute Gasteiger partial charge is 0.329 e. The van der Waals surface area contributed by atoms with Gasteiger partial charge in [0.2, 0.25) is 5.91 Å². The number of halogens is 1. The lowest BCUT2D eigenvalue weighted by Crippen LogP contribution is -2.33. The number of amides is 3. The van der Waals surface area contributed by atoms with Crippen LogP contribution in [0.1, 0.15) is 18.9 Å². The second-order valence-corrected chi connectivity index (χ2v) is 6.46. The Morgan fingerprint density at radius 2 is 1.72 bits per heavy atom. The summed E-state index contributed by atoms with van der Waals surface area (Å²) in [5.74, 6) is -1.71. The van der Waals surface area contributed by atoms with Gasteiger partial charge in [0, 0.05) is 17.3 Å². The Morgan fingerprint density at radius 3 is 2.41 bits per heavy atom. The number of hydrazone groups is 1. The van der Waals surface area contributed by atoms with E-state index in [-0.39, 0.29) is 12.3 Å². The van der Waals surface area contributed by atoms with Crippen LogP contribution in [0.5, 0.6) is 5.75 Å². The Bertz CT molecular complexity index is 913. The van der Waals surface area contributed by atoms with Crippen molar-refractivity contribution < 1.29 is 19.1 Å². The van der Waals surface area contributed by atoms with Gasteiger partial charge in [0.25, 0.3) is 0 Å². The summed E-state index contributed by atoms with van der Waals surface area (Å²) in [6.45, 7) is 1.91. The molecule has 2 aromatic carbocycles. The molecule has 0 aliphatic heterocycles. The molecule has 2 rings (SSSR count). The molecule has 0 aliphatic rings. The van der Waals surface area contributed by atoms with E-state index in [1.54, 1.807) is 43.3 Å². The summed E-state index contributed by atoms with van der Waals surface area (Å²) in [6, 6.07) is 13.8. The van der Waals surface area contributed by atoms with Gasteiger partial charge in [-0.15, -0.1) is 0 Å². The Morgan fingerprint density at radius 1 is 1.03 bits per heavy atom. The van der Waals surface area contributed by atoms with Crippen LogP contribution in [0.3, 0.4) is 0 Å². The lowest BCUT2D eigenvalue weighted by atomic mass is 10.2. The molecule has 3 amide bonds. The summed E-state index contributed by atoms with van der Waals surface area (Å²) in [6.07, 6.45) is -0.0258. The van der Waals surface area contributed by atoms with Crippen LogP contribution in [0.2, 0.25) is 5.02 Å². The van der Waals surface area contributed by atoms with Crippen LogP contribution in [0, 0.1) is 0 Å². The van der Waals surface area contributed by atoms with Gasteiger partial charge in [0.15, 0.2) is 0 Å². The highest BCUT2D eigenvalue weighted by Crippen LogP contribution is 2.22. The number of carbonyl (C=O) groups is 3. The van der Waals surface area contributed by atoms with E-state index >= 15 is 0 Å². The van der Waals surface area contributed by atoms with Crippen molar-refractivity contribution in [1.82, 2.24) is 10.7 Å². The molecule has 0 saturated heterocycles. The highest BCUT2D eigenvalue weighted by Gasteiger charge is 2.15. The average molecular weight is 417 g/mol. The number of carbonyl (C=O) groups excluding carboxylic acids is 3.